The van der Waals surface area contributed by atoms with Gasteiger partial charge in [0.1, 0.15) is 5.71 Å². The van der Waals surface area contributed by atoms with Gasteiger partial charge in [-0.05, 0) is 19.1 Å². The van der Waals surface area contributed by atoms with Crippen LogP contribution in [0.3, 0.4) is 0 Å². The molecule has 0 saturated heterocycles. The highest BCUT2D eigenvalue weighted by Crippen LogP contribution is 1.97. The molecule has 0 unspecified atom stereocenters. The fourth-order valence-corrected chi connectivity index (χ4v) is 0.712. The lowest BCUT2D eigenvalue weighted by molar-refractivity contribution is 0.105. The molecule has 1 heterocycles. The van der Waals surface area contributed by atoms with E-state index in [1.165, 1.54) is 6.92 Å². The first-order valence-corrected chi connectivity index (χ1v) is 3.12. The van der Waals surface area contributed by atoms with Crippen molar-refractivity contribution in [3.05, 3.63) is 24.0 Å². The Labute approximate surface area is 63.5 Å². The molecule has 4 heteroatoms. The number of ketones is 1. The Morgan fingerprint density at radius 1 is 1.73 bits per heavy atom. The van der Waals surface area contributed by atoms with E-state index in [0.29, 0.717) is 5.69 Å². The molecule has 0 aliphatic heterocycles. The lowest BCUT2D eigenvalue weighted by Gasteiger charge is -1.92. The number of carbonyl (C=O) groups is 1. The summed E-state index contributed by atoms with van der Waals surface area (Å²) in [4.78, 5) is 13.8. The Hall–Kier alpha value is -1.58. The molecule has 1 aromatic rings. The zero-order valence-corrected chi connectivity index (χ0v) is 6.03. The molecule has 4 nitrogen and oxygen atoms in total. The van der Waals surface area contributed by atoms with Gasteiger partial charge in [-0.2, -0.15) is 0 Å². The maximum Gasteiger partial charge on any atom is 0.226 e. The molecule has 0 radical (unpaired) electrons. The molecule has 11 heavy (non-hydrogen) atoms. The molecule has 0 spiro atoms. The van der Waals surface area contributed by atoms with Crippen LogP contribution in [0.2, 0.25) is 0 Å². The van der Waals surface area contributed by atoms with E-state index in [1.807, 2.05) is 0 Å². The summed E-state index contributed by atoms with van der Waals surface area (Å²) in [7, 11) is 0. The zero-order chi connectivity index (χ0) is 8.27. The van der Waals surface area contributed by atoms with Crippen molar-refractivity contribution in [3.63, 3.8) is 0 Å². The fraction of sp³-hybridized carbons (Fsp3) is 0.143. The number of aromatic amines is 1. The van der Waals surface area contributed by atoms with Gasteiger partial charge < -0.3 is 10.2 Å². The molecule has 1 aromatic heterocycles. The number of hydrogen-bond acceptors (Lipinski definition) is 3. The van der Waals surface area contributed by atoms with E-state index in [-0.39, 0.29) is 11.5 Å². The molecular weight excluding hydrogens is 144 g/mol. The number of hydrogen-bond donors (Lipinski definition) is 2. The number of oxime groups is 1. The first-order chi connectivity index (χ1) is 5.25. The van der Waals surface area contributed by atoms with Crippen molar-refractivity contribution in [1.82, 2.24) is 4.98 Å². The number of nitrogens with one attached hydrogen (secondary N) is 1. The van der Waals surface area contributed by atoms with E-state index in [9.17, 15) is 4.79 Å². The summed E-state index contributed by atoms with van der Waals surface area (Å²) in [6, 6.07) is 3.33. The second-order valence-corrected chi connectivity index (χ2v) is 2.10. The normalized spacial score (nSPS) is 11.5. The second-order valence-electron chi connectivity index (χ2n) is 2.10. The van der Waals surface area contributed by atoms with E-state index in [2.05, 4.69) is 10.1 Å². The molecule has 0 atom stereocenters. The summed E-state index contributed by atoms with van der Waals surface area (Å²) in [5.74, 6) is -0.294. The number of Topliss-reactive ketones (excluding diaryl/α,β-unsaturated/α-hetero) is 1. The smallest absolute Gasteiger partial charge is 0.226 e. The van der Waals surface area contributed by atoms with Crippen LogP contribution in [0.1, 0.15) is 17.4 Å². The van der Waals surface area contributed by atoms with Crippen molar-refractivity contribution >= 4 is 11.5 Å². The number of aromatic nitrogens is 1. The van der Waals surface area contributed by atoms with Crippen molar-refractivity contribution in [2.45, 2.75) is 6.92 Å². The number of rotatable bonds is 2. The highest BCUT2D eigenvalue weighted by Gasteiger charge is 2.09. The summed E-state index contributed by atoms with van der Waals surface area (Å²) in [6.07, 6.45) is 1.64. The quantitative estimate of drug-likeness (QED) is 0.288. The predicted molar refractivity (Wildman–Crippen MR) is 40.0 cm³/mol. The van der Waals surface area contributed by atoms with Crippen LogP contribution in [0, 0.1) is 0 Å². The Bertz CT molecular complexity index is 275. The van der Waals surface area contributed by atoms with Gasteiger partial charge >= 0.3 is 0 Å². The average Bonchev–Trinajstić information content (AvgIpc) is 2.53. The van der Waals surface area contributed by atoms with Gasteiger partial charge in [0.15, 0.2) is 0 Å². The van der Waals surface area contributed by atoms with Crippen LogP contribution in [0.15, 0.2) is 23.5 Å². The summed E-state index contributed by atoms with van der Waals surface area (Å²) in [5, 5.41) is 11.0. The van der Waals surface area contributed by atoms with Crippen LogP contribution >= 0.6 is 0 Å². The van der Waals surface area contributed by atoms with Crippen LogP contribution in [-0.2, 0) is 0 Å². The van der Waals surface area contributed by atoms with Crippen LogP contribution in [0.5, 0.6) is 0 Å². The van der Waals surface area contributed by atoms with Gasteiger partial charge in [-0.15, -0.1) is 0 Å². The lowest BCUT2D eigenvalue weighted by atomic mass is 10.2. The van der Waals surface area contributed by atoms with Crippen molar-refractivity contribution in [1.29, 1.82) is 0 Å². The molecule has 0 aliphatic carbocycles. The third kappa shape index (κ3) is 1.46. The van der Waals surface area contributed by atoms with Gasteiger partial charge in [-0.3, -0.25) is 4.79 Å². The first-order valence-electron chi connectivity index (χ1n) is 3.12. The number of carbonyl (C=O) groups excluding carboxylic acids is 1. The SMILES string of the molecule is C/C(=N\O)C(=O)c1ccc[nH]1. The van der Waals surface area contributed by atoms with Gasteiger partial charge in [0.05, 0.1) is 5.69 Å². The topological polar surface area (TPSA) is 65.5 Å². The lowest BCUT2D eigenvalue weighted by Crippen LogP contribution is -2.10. The van der Waals surface area contributed by atoms with E-state index >= 15 is 0 Å². The molecule has 0 bridgehead atoms. The molecule has 0 fully saturated rings. The highest BCUT2D eigenvalue weighted by molar-refractivity contribution is 6.44. The van der Waals surface area contributed by atoms with Crippen molar-refractivity contribution < 1.29 is 10.0 Å². The molecular formula is C7H8N2O2. The van der Waals surface area contributed by atoms with Gasteiger partial charge in [-0.25, -0.2) is 0 Å². The molecule has 0 amide bonds. The molecule has 1 rings (SSSR count). The summed E-state index contributed by atoms with van der Waals surface area (Å²) in [5.41, 5.74) is 0.507. The maximum absolute atomic E-state index is 11.1. The largest absolute Gasteiger partial charge is 0.411 e. The van der Waals surface area contributed by atoms with E-state index in [1.54, 1.807) is 18.3 Å². The van der Waals surface area contributed by atoms with Crippen molar-refractivity contribution in [3.8, 4) is 0 Å². The Balaban J connectivity index is 2.87. The number of H-pyrrole nitrogens is 1. The summed E-state index contributed by atoms with van der Waals surface area (Å²) < 4.78 is 0. The van der Waals surface area contributed by atoms with Crippen LogP contribution in [-0.4, -0.2) is 21.7 Å². The third-order valence-corrected chi connectivity index (χ3v) is 1.32. The molecule has 58 valence electrons. The minimum absolute atomic E-state index is 0.0763. The Morgan fingerprint density at radius 2 is 2.45 bits per heavy atom. The standard InChI is InChI=1S/C7H8N2O2/c1-5(9-11)7(10)6-3-2-4-8-6/h2-4,8,11H,1H3/b9-5+. The first kappa shape index (κ1) is 7.53. The van der Waals surface area contributed by atoms with Crippen molar-refractivity contribution in [2.75, 3.05) is 0 Å². The molecule has 2 N–H and O–H groups in total. The van der Waals surface area contributed by atoms with Crippen LogP contribution < -0.4 is 0 Å². The van der Waals surface area contributed by atoms with E-state index < -0.39 is 0 Å². The fourth-order valence-electron chi connectivity index (χ4n) is 0.712. The predicted octanol–water partition coefficient (Wildman–Crippen LogP) is 1.05. The minimum atomic E-state index is -0.294. The average molecular weight is 152 g/mol. The van der Waals surface area contributed by atoms with Gasteiger partial charge in [0.25, 0.3) is 0 Å². The Kier molecular flexibility index (Phi) is 2.06. The summed E-state index contributed by atoms with van der Waals surface area (Å²) >= 11 is 0. The van der Waals surface area contributed by atoms with Gasteiger partial charge in [0, 0.05) is 6.20 Å². The second kappa shape index (κ2) is 3.01. The Morgan fingerprint density at radius 3 is 2.91 bits per heavy atom. The molecule has 0 saturated carbocycles. The van der Waals surface area contributed by atoms with E-state index in [0.717, 1.165) is 0 Å². The van der Waals surface area contributed by atoms with Gasteiger partial charge in [0.2, 0.25) is 5.78 Å². The van der Waals surface area contributed by atoms with Crippen LogP contribution in [0.25, 0.3) is 0 Å². The summed E-state index contributed by atoms with van der Waals surface area (Å²) in [6.45, 7) is 1.45. The van der Waals surface area contributed by atoms with Crippen molar-refractivity contribution in [2.24, 2.45) is 5.16 Å². The third-order valence-electron chi connectivity index (χ3n) is 1.32. The number of nitrogens with zero attached hydrogens (tertiary/aromatic N) is 1. The zero-order valence-electron chi connectivity index (χ0n) is 6.03. The molecule has 0 aliphatic rings. The highest BCUT2D eigenvalue weighted by atomic mass is 16.4. The van der Waals surface area contributed by atoms with Gasteiger partial charge in [-0.1, -0.05) is 5.16 Å². The van der Waals surface area contributed by atoms with E-state index in [4.69, 9.17) is 5.21 Å². The maximum atomic E-state index is 11.1. The monoisotopic (exact) mass is 152 g/mol. The van der Waals surface area contributed by atoms with Crippen LogP contribution in [0.4, 0.5) is 0 Å². The minimum Gasteiger partial charge on any atom is -0.411 e. The molecule has 0 aromatic carbocycles.